The first kappa shape index (κ1) is 24.0. The molecule has 1 aromatic heterocycles. The molecule has 0 aliphatic carbocycles. The standard InChI is InChI=1S/C21H24F2N8OS/c1-3-30(4-2)15-10-8-14(9-11-15)12-25-27-20-28-29-21(31(20)24)33-13-18(32)26-19-16(22)6-5-7-17(19)23/h5-12H,3-4,13,24H2,1-2H3,(H,26,32)(H,27,28)/b25-12+. The Morgan fingerprint density at radius 1 is 1.15 bits per heavy atom. The molecule has 33 heavy (non-hydrogen) atoms. The van der Waals surface area contributed by atoms with Crippen LogP contribution in [0.3, 0.4) is 0 Å². The van der Waals surface area contributed by atoms with Crippen molar-refractivity contribution in [2.45, 2.75) is 19.0 Å². The van der Waals surface area contributed by atoms with Gasteiger partial charge in [-0.1, -0.05) is 30.0 Å². The zero-order valence-electron chi connectivity index (χ0n) is 18.1. The molecule has 0 fully saturated rings. The average Bonchev–Trinajstić information content (AvgIpc) is 3.16. The molecule has 0 atom stereocenters. The molecule has 174 valence electrons. The van der Waals surface area contributed by atoms with Crippen LogP contribution in [0.2, 0.25) is 0 Å². The zero-order valence-corrected chi connectivity index (χ0v) is 18.9. The van der Waals surface area contributed by atoms with Gasteiger partial charge in [0.1, 0.15) is 17.3 Å². The van der Waals surface area contributed by atoms with Crippen molar-refractivity contribution in [1.29, 1.82) is 0 Å². The van der Waals surface area contributed by atoms with Gasteiger partial charge in [0.25, 0.3) is 5.95 Å². The van der Waals surface area contributed by atoms with E-state index >= 15 is 0 Å². The predicted molar refractivity (Wildman–Crippen MR) is 127 cm³/mol. The normalized spacial score (nSPS) is 11.0. The average molecular weight is 475 g/mol. The molecule has 0 spiro atoms. The van der Waals surface area contributed by atoms with Crippen molar-refractivity contribution in [2.75, 3.05) is 40.3 Å². The number of amides is 1. The van der Waals surface area contributed by atoms with Crippen LogP contribution in [0.4, 0.5) is 26.1 Å². The van der Waals surface area contributed by atoms with E-state index in [1.54, 1.807) is 6.21 Å². The Bertz CT molecular complexity index is 1100. The van der Waals surface area contributed by atoms with Gasteiger partial charge in [0.05, 0.1) is 12.0 Å². The zero-order chi connectivity index (χ0) is 23.8. The van der Waals surface area contributed by atoms with Crippen LogP contribution in [0.1, 0.15) is 19.4 Å². The summed E-state index contributed by atoms with van der Waals surface area (Å²) < 4.78 is 28.4. The van der Waals surface area contributed by atoms with Crippen molar-refractivity contribution < 1.29 is 13.6 Å². The second kappa shape index (κ2) is 11.3. The molecule has 0 unspecified atom stereocenters. The number of halogens is 2. The summed E-state index contributed by atoms with van der Waals surface area (Å²) in [6, 6.07) is 11.3. The van der Waals surface area contributed by atoms with Gasteiger partial charge in [-0.15, -0.1) is 10.2 Å². The number of para-hydroxylation sites is 1. The number of thioether (sulfide) groups is 1. The largest absolute Gasteiger partial charge is 0.372 e. The molecule has 3 aromatic rings. The van der Waals surface area contributed by atoms with Crippen LogP contribution in [-0.2, 0) is 4.79 Å². The highest BCUT2D eigenvalue weighted by atomic mass is 32.2. The van der Waals surface area contributed by atoms with E-state index in [1.807, 2.05) is 24.3 Å². The SMILES string of the molecule is CCN(CC)c1ccc(/C=N/Nc2nnc(SCC(=O)Nc3c(F)cccc3F)n2N)cc1. The summed E-state index contributed by atoms with van der Waals surface area (Å²) in [5.41, 5.74) is 4.21. The van der Waals surface area contributed by atoms with Crippen LogP contribution < -0.4 is 21.5 Å². The van der Waals surface area contributed by atoms with Gasteiger partial charge in [-0.25, -0.2) is 18.9 Å². The monoisotopic (exact) mass is 474 g/mol. The van der Waals surface area contributed by atoms with Crippen molar-refractivity contribution in [3.8, 4) is 0 Å². The second-order valence-corrected chi connectivity index (χ2v) is 7.69. The van der Waals surface area contributed by atoms with E-state index in [4.69, 9.17) is 5.84 Å². The second-order valence-electron chi connectivity index (χ2n) is 6.74. The van der Waals surface area contributed by atoms with Crippen molar-refractivity contribution >= 4 is 41.2 Å². The summed E-state index contributed by atoms with van der Waals surface area (Å²) in [5, 5.41) is 14.3. The van der Waals surface area contributed by atoms with Crippen LogP contribution in [0.25, 0.3) is 0 Å². The molecule has 2 aromatic carbocycles. The molecule has 0 bridgehead atoms. The number of nitrogens with two attached hydrogens (primary N) is 1. The molecule has 1 heterocycles. The first-order chi connectivity index (χ1) is 15.9. The van der Waals surface area contributed by atoms with Gasteiger partial charge >= 0.3 is 0 Å². The third-order valence-corrected chi connectivity index (χ3v) is 5.57. The van der Waals surface area contributed by atoms with Gasteiger partial charge in [-0.2, -0.15) is 5.10 Å². The number of benzene rings is 2. The van der Waals surface area contributed by atoms with Crippen molar-refractivity contribution in [3.05, 3.63) is 59.7 Å². The number of hydrogen-bond donors (Lipinski definition) is 3. The van der Waals surface area contributed by atoms with Gasteiger partial charge < -0.3 is 16.1 Å². The topological polar surface area (TPSA) is 113 Å². The smallest absolute Gasteiger partial charge is 0.264 e. The van der Waals surface area contributed by atoms with E-state index in [-0.39, 0.29) is 16.9 Å². The fraction of sp³-hybridized carbons (Fsp3) is 0.238. The molecule has 3 rings (SSSR count). The lowest BCUT2D eigenvalue weighted by Gasteiger charge is -2.20. The van der Waals surface area contributed by atoms with Gasteiger partial charge in [-0.05, 0) is 43.7 Å². The fourth-order valence-corrected chi connectivity index (χ4v) is 3.56. The lowest BCUT2D eigenvalue weighted by atomic mass is 10.2. The minimum Gasteiger partial charge on any atom is -0.372 e. The molecule has 9 nitrogen and oxygen atoms in total. The number of nitrogens with zero attached hydrogens (tertiary/aromatic N) is 5. The van der Waals surface area contributed by atoms with E-state index in [0.717, 1.165) is 52.9 Å². The molecular formula is C21H24F2N8OS. The highest BCUT2D eigenvalue weighted by Gasteiger charge is 2.15. The van der Waals surface area contributed by atoms with Crippen molar-refractivity contribution in [1.82, 2.24) is 14.9 Å². The van der Waals surface area contributed by atoms with E-state index in [9.17, 15) is 13.6 Å². The molecule has 4 N–H and O–H groups in total. The lowest BCUT2D eigenvalue weighted by Crippen LogP contribution is -2.21. The highest BCUT2D eigenvalue weighted by Crippen LogP contribution is 2.20. The van der Waals surface area contributed by atoms with Crippen LogP contribution in [0.15, 0.2) is 52.7 Å². The van der Waals surface area contributed by atoms with Crippen molar-refractivity contribution in [2.24, 2.45) is 5.10 Å². The van der Waals surface area contributed by atoms with Gasteiger partial charge in [0.15, 0.2) is 0 Å². The summed E-state index contributed by atoms with van der Waals surface area (Å²) in [4.78, 5) is 14.3. The minimum atomic E-state index is -0.859. The molecule has 0 aliphatic rings. The third kappa shape index (κ3) is 6.19. The number of rotatable bonds is 10. The van der Waals surface area contributed by atoms with Crippen LogP contribution in [-0.4, -0.2) is 45.8 Å². The molecule has 1 amide bonds. The summed E-state index contributed by atoms with van der Waals surface area (Å²) in [7, 11) is 0. The summed E-state index contributed by atoms with van der Waals surface area (Å²) in [6.45, 7) is 6.07. The maximum absolute atomic E-state index is 13.6. The number of nitrogens with one attached hydrogen (secondary N) is 2. The Labute approximate surface area is 194 Å². The first-order valence-corrected chi connectivity index (χ1v) is 11.1. The van der Waals surface area contributed by atoms with Crippen molar-refractivity contribution in [3.63, 3.8) is 0 Å². The Kier molecular flexibility index (Phi) is 8.19. The van der Waals surface area contributed by atoms with E-state index in [2.05, 4.69) is 44.8 Å². The molecule has 0 radical (unpaired) electrons. The summed E-state index contributed by atoms with van der Waals surface area (Å²) in [5.74, 6) is 3.58. The molecular weight excluding hydrogens is 450 g/mol. The van der Waals surface area contributed by atoms with Crippen LogP contribution in [0, 0.1) is 11.6 Å². The number of nitrogen functional groups attached to an aromatic ring is 1. The molecule has 0 aliphatic heterocycles. The minimum absolute atomic E-state index is 0.161. The maximum atomic E-state index is 13.6. The van der Waals surface area contributed by atoms with Gasteiger partial charge in [-0.3, -0.25) is 4.79 Å². The van der Waals surface area contributed by atoms with Crippen LogP contribution in [0.5, 0.6) is 0 Å². The maximum Gasteiger partial charge on any atom is 0.264 e. The van der Waals surface area contributed by atoms with Crippen LogP contribution >= 0.6 is 11.8 Å². The Morgan fingerprint density at radius 2 is 1.82 bits per heavy atom. The van der Waals surface area contributed by atoms with E-state index < -0.39 is 23.2 Å². The molecule has 0 saturated carbocycles. The summed E-state index contributed by atoms with van der Waals surface area (Å²) in [6.07, 6.45) is 1.61. The summed E-state index contributed by atoms with van der Waals surface area (Å²) >= 11 is 0.956. The van der Waals surface area contributed by atoms with E-state index in [1.165, 1.54) is 6.07 Å². The Hall–Kier alpha value is -3.67. The number of carbonyl (C=O) groups is 1. The van der Waals surface area contributed by atoms with Gasteiger partial charge in [0.2, 0.25) is 11.1 Å². The predicted octanol–water partition coefficient (Wildman–Crippen LogP) is 3.29. The highest BCUT2D eigenvalue weighted by molar-refractivity contribution is 7.99. The number of anilines is 3. The Balaban J connectivity index is 1.53. The number of carbonyl (C=O) groups excluding carboxylic acids is 1. The third-order valence-electron chi connectivity index (χ3n) is 4.62. The van der Waals surface area contributed by atoms with Gasteiger partial charge in [0, 0.05) is 18.8 Å². The number of hydrazone groups is 1. The number of hydrogen-bond acceptors (Lipinski definition) is 8. The number of aromatic nitrogens is 3. The quantitative estimate of drug-likeness (QED) is 0.179. The molecule has 0 saturated heterocycles. The van der Waals surface area contributed by atoms with E-state index in [0.29, 0.717) is 0 Å². The lowest BCUT2D eigenvalue weighted by molar-refractivity contribution is -0.113. The fourth-order valence-electron chi connectivity index (χ4n) is 2.90. The Morgan fingerprint density at radius 3 is 2.45 bits per heavy atom. The first-order valence-electron chi connectivity index (χ1n) is 10.1. The molecule has 12 heteroatoms.